The number of aliphatic hydroxyl groups excluding tert-OH is 1. The monoisotopic (exact) mass is 172 g/mol. The first-order valence-electron chi connectivity index (χ1n) is 4.01. The summed E-state index contributed by atoms with van der Waals surface area (Å²) in [4.78, 5) is 20.8. The normalized spacial score (nSPS) is 35.9. The second kappa shape index (κ2) is 3.67. The molecule has 0 spiro atoms. The van der Waals surface area contributed by atoms with Crippen LogP contribution < -0.4 is 0 Å². The van der Waals surface area contributed by atoms with Gasteiger partial charge in [-0.3, -0.25) is 4.79 Å². The van der Waals surface area contributed by atoms with Crippen LogP contribution in [0.15, 0.2) is 0 Å². The summed E-state index contributed by atoms with van der Waals surface area (Å²) in [6.45, 7) is 0. The number of hydrogen-bond donors (Lipinski definition) is 2. The number of carbonyl (C=O) groups is 2. The molecule has 0 saturated heterocycles. The van der Waals surface area contributed by atoms with Gasteiger partial charge >= 0.3 is 5.97 Å². The molecule has 1 fully saturated rings. The number of carboxylic acids is 1. The van der Waals surface area contributed by atoms with E-state index in [9.17, 15) is 14.7 Å². The molecule has 0 aromatic rings. The summed E-state index contributed by atoms with van der Waals surface area (Å²) in [5.41, 5.74) is 0. The maximum atomic E-state index is 10.5. The lowest BCUT2D eigenvalue weighted by atomic mass is 9.81. The Morgan fingerprint density at radius 1 is 1.42 bits per heavy atom. The van der Waals surface area contributed by atoms with Crippen molar-refractivity contribution in [2.45, 2.75) is 25.4 Å². The lowest BCUT2D eigenvalue weighted by Gasteiger charge is -2.27. The highest BCUT2D eigenvalue weighted by Crippen LogP contribution is 2.27. The molecule has 4 nitrogen and oxygen atoms in total. The quantitative estimate of drug-likeness (QED) is 0.577. The largest absolute Gasteiger partial charge is 0.481 e. The molecular formula is C8H12O4. The van der Waals surface area contributed by atoms with Crippen molar-refractivity contribution < 1.29 is 19.8 Å². The molecule has 1 aliphatic carbocycles. The molecule has 68 valence electrons. The van der Waals surface area contributed by atoms with E-state index in [-0.39, 0.29) is 12.3 Å². The Hall–Kier alpha value is -0.900. The summed E-state index contributed by atoms with van der Waals surface area (Å²) in [6, 6.07) is 0. The standard InChI is InChI=1S/C8H12O4/c9-4-6-2-1-5(8(11)12)3-7(6)10/h4-7,10H,1-3H2,(H,11,12). The molecule has 2 N–H and O–H groups in total. The highest BCUT2D eigenvalue weighted by atomic mass is 16.4. The fourth-order valence-electron chi connectivity index (χ4n) is 1.55. The van der Waals surface area contributed by atoms with Gasteiger partial charge in [0.15, 0.2) is 0 Å². The first kappa shape index (κ1) is 9.19. The van der Waals surface area contributed by atoms with Crippen LogP contribution in [0.25, 0.3) is 0 Å². The van der Waals surface area contributed by atoms with Gasteiger partial charge in [-0.2, -0.15) is 0 Å². The number of aldehydes is 1. The number of carboxylic acid groups (broad SMARTS) is 1. The first-order chi connectivity index (χ1) is 5.65. The van der Waals surface area contributed by atoms with Gasteiger partial charge in [0.1, 0.15) is 6.29 Å². The summed E-state index contributed by atoms with van der Waals surface area (Å²) in [5.74, 6) is -1.71. The van der Waals surface area contributed by atoms with E-state index in [1.165, 1.54) is 0 Å². The van der Waals surface area contributed by atoms with Crippen LogP contribution >= 0.6 is 0 Å². The number of carbonyl (C=O) groups excluding carboxylic acids is 1. The second-order valence-corrected chi connectivity index (χ2v) is 3.22. The molecule has 0 bridgehead atoms. The summed E-state index contributed by atoms with van der Waals surface area (Å²) in [7, 11) is 0. The molecule has 0 heterocycles. The van der Waals surface area contributed by atoms with Crippen molar-refractivity contribution in [2.75, 3.05) is 0 Å². The minimum Gasteiger partial charge on any atom is -0.481 e. The molecular weight excluding hydrogens is 160 g/mol. The Bertz CT molecular complexity index is 189. The predicted octanol–water partition coefficient (Wildman–Crippen LogP) is 0.0471. The van der Waals surface area contributed by atoms with Crippen LogP contribution in [-0.2, 0) is 9.59 Å². The van der Waals surface area contributed by atoms with E-state index in [4.69, 9.17) is 5.11 Å². The number of aliphatic hydroxyl groups is 1. The molecule has 3 atom stereocenters. The molecule has 1 rings (SSSR count). The maximum absolute atomic E-state index is 10.5. The molecule has 1 aliphatic rings. The SMILES string of the molecule is O=CC1CCC(C(=O)O)CC1O. The zero-order valence-corrected chi connectivity index (χ0v) is 6.64. The average Bonchev–Trinajstić information content (AvgIpc) is 2.04. The van der Waals surface area contributed by atoms with Gasteiger partial charge in [0, 0.05) is 5.92 Å². The van der Waals surface area contributed by atoms with E-state index < -0.39 is 18.0 Å². The van der Waals surface area contributed by atoms with Crippen LogP contribution in [0.1, 0.15) is 19.3 Å². The molecule has 0 aromatic heterocycles. The van der Waals surface area contributed by atoms with E-state index >= 15 is 0 Å². The van der Waals surface area contributed by atoms with Crippen LogP contribution in [0.5, 0.6) is 0 Å². The third kappa shape index (κ3) is 1.82. The van der Waals surface area contributed by atoms with E-state index in [1.807, 2.05) is 0 Å². The van der Waals surface area contributed by atoms with Crippen molar-refractivity contribution in [3.05, 3.63) is 0 Å². The Kier molecular flexibility index (Phi) is 2.81. The zero-order chi connectivity index (χ0) is 9.14. The van der Waals surface area contributed by atoms with Gasteiger partial charge in [0.2, 0.25) is 0 Å². The molecule has 0 radical (unpaired) electrons. The molecule has 1 saturated carbocycles. The summed E-state index contributed by atoms with van der Waals surface area (Å²) in [6.07, 6.45) is 1.14. The summed E-state index contributed by atoms with van der Waals surface area (Å²) >= 11 is 0. The van der Waals surface area contributed by atoms with E-state index in [0.29, 0.717) is 19.1 Å². The topological polar surface area (TPSA) is 74.6 Å². The van der Waals surface area contributed by atoms with E-state index in [0.717, 1.165) is 0 Å². The smallest absolute Gasteiger partial charge is 0.306 e. The molecule has 0 aliphatic heterocycles. The second-order valence-electron chi connectivity index (χ2n) is 3.22. The fraction of sp³-hybridized carbons (Fsp3) is 0.750. The van der Waals surface area contributed by atoms with Crippen molar-refractivity contribution in [3.63, 3.8) is 0 Å². The van der Waals surface area contributed by atoms with Gasteiger partial charge < -0.3 is 15.0 Å². The molecule has 3 unspecified atom stereocenters. The number of rotatable bonds is 2. The van der Waals surface area contributed by atoms with Gasteiger partial charge in [-0.15, -0.1) is 0 Å². The predicted molar refractivity (Wildman–Crippen MR) is 40.5 cm³/mol. The Balaban J connectivity index is 2.51. The van der Waals surface area contributed by atoms with Crippen LogP contribution in [-0.4, -0.2) is 28.6 Å². The highest BCUT2D eigenvalue weighted by molar-refractivity contribution is 5.70. The van der Waals surface area contributed by atoms with Crippen molar-refractivity contribution in [2.24, 2.45) is 11.8 Å². The van der Waals surface area contributed by atoms with Gasteiger partial charge in [-0.05, 0) is 19.3 Å². The van der Waals surface area contributed by atoms with Gasteiger partial charge in [-0.25, -0.2) is 0 Å². The number of aliphatic carboxylic acids is 1. The fourth-order valence-corrected chi connectivity index (χ4v) is 1.55. The third-order valence-electron chi connectivity index (χ3n) is 2.39. The number of hydrogen-bond acceptors (Lipinski definition) is 3. The highest BCUT2D eigenvalue weighted by Gasteiger charge is 2.32. The Morgan fingerprint density at radius 2 is 2.08 bits per heavy atom. The van der Waals surface area contributed by atoms with E-state index in [2.05, 4.69) is 0 Å². The Labute approximate surface area is 70.2 Å². The van der Waals surface area contributed by atoms with Crippen LogP contribution in [0.4, 0.5) is 0 Å². The van der Waals surface area contributed by atoms with Crippen molar-refractivity contribution in [1.82, 2.24) is 0 Å². The van der Waals surface area contributed by atoms with Crippen LogP contribution in [0.3, 0.4) is 0 Å². The Morgan fingerprint density at radius 3 is 2.50 bits per heavy atom. The van der Waals surface area contributed by atoms with Gasteiger partial charge in [0.25, 0.3) is 0 Å². The van der Waals surface area contributed by atoms with Crippen LogP contribution in [0.2, 0.25) is 0 Å². The lowest BCUT2D eigenvalue weighted by molar-refractivity contribution is -0.145. The molecule has 12 heavy (non-hydrogen) atoms. The van der Waals surface area contributed by atoms with Gasteiger partial charge in [0.05, 0.1) is 12.0 Å². The minimum atomic E-state index is -0.876. The van der Waals surface area contributed by atoms with Crippen molar-refractivity contribution in [1.29, 1.82) is 0 Å². The maximum Gasteiger partial charge on any atom is 0.306 e. The first-order valence-corrected chi connectivity index (χ1v) is 4.01. The minimum absolute atomic E-state index is 0.207. The molecule has 0 aromatic carbocycles. The lowest BCUT2D eigenvalue weighted by Crippen LogP contribution is -2.33. The molecule has 4 heteroatoms. The average molecular weight is 172 g/mol. The van der Waals surface area contributed by atoms with Crippen molar-refractivity contribution >= 4 is 12.3 Å². The van der Waals surface area contributed by atoms with Gasteiger partial charge in [-0.1, -0.05) is 0 Å². The summed E-state index contributed by atoms with van der Waals surface area (Å²) < 4.78 is 0. The molecule has 0 amide bonds. The van der Waals surface area contributed by atoms with Crippen molar-refractivity contribution in [3.8, 4) is 0 Å². The third-order valence-corrected chi connectivity index (χ3v) is 2.39. The summed E-state index contributed by atoms with van der Waals surface area (Å²) in [5, 5.41) is 17.9. The van der Waals surface area contributed by atoms with E-state index in [1.54, 1.807) is 0 Å². The van der Waals surface area contributed by atoms with Crippen LogP contribution in [0, 0.1) is 11.8 Å². The zero-order valence-electron chi connectivity index (χ0n) is 6.64.